The second-order valence-electron chi connectivity index (χ2n) is 7.01. The van der Waals surface area contributed by atoms with Crippen molar-refractivity contribution in [1.82, 2.24) is 0 Å². The van der Waals surface area contributed by atoms with Gasteiger partial charge < -0.3 is 24.1 Å². The minimum absolute atomic E-state index is 0.0734. The fourth-order valence-electron chi connectivity index (χ4n) is 2.93. The van der Waals surface area contributed by atoms with Crippen LogP contribution in [0.4, 0.5) is 10.5 Å². The molecule has 0 saturated carbocycles. The van der Waals surface area contributed by atoms with E-state index in [9.17, 15) is 9.59 Å². The Kier molecular flexibility index (Phi) is 11.8. The molecule has 1 amide bonds. The highest BCUT2D eigenvalue weighted by molar-refractivity contribution is 5.84. The number of aliphatic hydroxyl groups excluding tert-OH is 1. The van der Waals surface area contributed by atoms with Gasteiger partial charge >= 0.3 is 12.1 Å². The smallest absolute Gasteiger partial charge is 0.412 e. The Hall–Kier alpha value is -3.78. The molecular weight excluding hydrogens is 438 g/mol. The van der Waals surface area contributed by atoms with Crippen LogP contribution >= 0.6 is 0 Å². The van der Waals surface area contributed by atoms with Crippen molar-refractivity contribution >= 4 is 17.7 Å². The van der Waals surface area contributed by atoms with Crippen LogP contribution in [-0.2, 0) is 14.3 Å². The van der Waals surface area contributed by atoms with Crippen LogP contribution in [0.1, 0.15) is 31.4 Å². The topological polar surface area (TPSA) is 103 Å². The molecule has 0 aliphatic heterocycles. The Morgan fingerprint density at radius 2 is 1.74 bits per heavy atom. The molecular formula is C26H31NO7. The van der Waals surface area contributed by atoms with Crippen molar-refractivity contribution in [3.8, 4) is 11.5 Å². The summed E-state index contributed by atoms with van der Waals surface area (Å²) in [4.78, 5) is 23.9. The number of ether oxygens (including phenoxy) is 4. The Morgan fingerprint density at radius 3 is 2.38 bits per heavy atom. The zero-order valence-corrected chi connectivity index (χ0v) is 19.4. The molecule has 0 heterocycles. The second-order valence-corrected chi connectivity index (χ2v) is 7.01. The molecule has 0 unspecified atom stereocenters. The maximum absolute atomic E-state index is 12.5. The summed E-state index contributed by atoms with van der Waals surface area (Å²) in [6.07, 6.45) is 6.63. The molecule has 0 radical (unpaired) electrons. The maximum atomic E-state index is 12.5. The van der Waals surface area contributed by atoms with E-state index >= 15 is 0 Å². The molecule has 0 aromatic heterocycles. The number of rotatable bonds is 13. The van der Waals surface area contributed by atoms with E-state index in [1.54, 1.807) is 62.6 Å². The molecule has 2 rings (SSSR count). The van der Waals surface area contributed by atoms with Crippen LogP contribution < -0.4 is 14.8 Å². The minimum Gasteiger partial charge on any atom is -0.497 e. The van der Waals surface area contributed by atoms with E-state index in [4.69, 9.17) is 24.1 Å². The number of esters is 1. The normalized spacial score (nSPS) is 11.9. The summed E-state index contributed by atoms with van der Waals surface area (Å²) in [5.74, 6) is 0.902. The third-order valence-electron chi connectivity index (χ3n) is 4.56. The number of hydrogen-bond donors (Lipinski definition) is 2. The SMILES string of the molecule is CCOC(=O)/C=C/C=C/CC[C@@H](OC(=O)Nc1ccc(OC)cc1)c1ccc(OCCO)cc1. The highest BCUT2D eigenvalue weighted by Gasteiger charge is 2.17. The Labute approximate surface area is 199 Å². The summed E-state index contributed by atoms with van der Waals surface area (Å²) in [6.45, 7) is 2.20. The Morgan fingerprint density at radius 1 is 1.03 bits per heavy atom. The molecule has 0 bridgehead atoms. The first-order valence-electron chi connectivity index (χ1n) is 11.0. The zero-order chi connectivity index (χ0) is 24.6. The Bertz CT molecular complexity index is 937. The van der Waals surface area contributed by atoms with Crippen LogP contribution in [-0.4, -0.2) is 44.1 Å². The maximum Gasteiger partial charge on any atom is 0.412 e. The number of aliphatic hydroxyl groups is 1. The van der Waals surface area contributed by atoms with E-state index in [1.165, 1.54) is 6.08 Å². The van der Waals surface area contributed by atoms with Crippen LogP contribution in [0.25, 0.3) is 0 Å². The standard InChI is InChI=1S/C26H31NO7/c1-3-32-25(29)9-7-5-4-6-8-24(20-10-14-23(15-11-20)33-19-18-28)34-26(30)27-21-12-16-22(31-2)17-13-21/h4-5,7,9-17,24,28H,3,6,8,18-19H2,1-2H3,(H,27,30)/b5-4+,9-7+/t24-/m1/s1. The first-order chi connectivity index (χ1) is 16.5. The van der Waals surface area contributed by atoms with Gasteiger partial charge in [0, 0.05) is 11.8 Å². The van der Waals surface area contributed by atoms with E-state index in [-0.39, 0.29) is 13.2 Å². The quantitative estimate of drug-likeness (QED) is 0.246. The van der Waals surface area contributed by atoms with Crippen molar-refractivity contribution in [2.45, 2.75) is 25.9 Å². The van der Waals surface area contributed by atoms with Gasteiger partial charge in [-0.25, -0.2) is 9.59 Å². The predicted molar refractivity (Wildman–Crippen MR) is 129 cm³/mol. The molecule has 2 aromatic rings. The van der Waals surface area contributed by atoms with Crippen LogP contribution in [0.5, 0.6) is 11.5 Å². The van der Waals surface area contributed by atoms with Gasteiger partial charge in [0.05, 0.1) is 20.3 Å². The highest BCUT2D eigenvalue weighted by Crippen LogP contribution is 2.26. The van der Waals surface area contributed by atoms with Crippen molar-refractivity contribution in [2.24, 2.45) is 0 Å². The predicted octanol–water partition coefficient (Wildman–Crippen LogP) is 4.81. The van der Waals surface area contributed by atoms with Crippen molar-refractivity contribution in [3.05, 3.63) is 78.4 Å². The number of carbonyl (C=O) groups is 2. The summed E-state index contributed by atoms with van der Waals surface area (Å²) < 4.78 is 21.1. The van der Waals surface area contributed by atoms with Gasteiger partial charge in [-0.1, -0.05) is 30.4 Å². The summed E-state index contributed by atoms with van der Waals surface area (Å²) in [5, 5.41) is 11.6. The number of allylic oxidation sites excluding steroid dienone is 3. The molecule has 0 saturated heterocycles. The van der Waals surface area contributed by atoms with Crippen LogP contribution in [0.3, 0.4) is 0 Å². The van der Waals surface area contributed by atoms with Crippen LogP contribution in [0.15, 0.2) is 72.8 Å². The lowest BCUT2D eigenvalue weighted by Gasteiger charge is -2.19. The monoisotopic (exact) mass is 469 g/mol. The van der Waals surface area contributed by atoms with E-state index in [0.717, 1.165) is 5.56 Å². The number of nitrogens with one attached hydrogen (secondary N) is 1. The third-order valence-corrected chi connectivity index (χ3v) is 4.56. The van der Waals surface area contributed by atoms with Gasteiger partial charge in [0.1, 0.15) is 24.2 Å². The molecule has 8 nitrogen and oxygen atoms in total. The van der Waals surface area contributed by atoms with Gasteiger partial charge in [0.25, 0.3) is 0 Å². The summed E-state index contributed by atoms with van der Waals surface area (Å²) in [5.41, 5.74) is 1.39. The van der Waals surface area contributed by atoms with Crippen LogP contribution in [0.2, 0.25) is 0 Å². The van der Waals surface area contributed by atoms with Gasteiger partial charge in [-0.15, -0.1) is 0 Å². The molecule has 8 heteroatoms. The first-order valence-corrected chi connectivity index (χ1v) is 11.0. The van der Waals surface area contributed by atoms with Crippen LogP contribution in [0, 0.1) is 0 Å². The van der Waals surface area contributed by atoms with Crippen molar-refractivity contribution in [1.29, 1.82) is 0 Å². The molecule has 0 fully saturated rings. The fourth-order valence-corrected chi connectivity index (χ4v) is 2.93. The molecule has 0 spiro atoms. The number of benzene rings is 2. The van der Waals surface area contributed by atoms with Gasteiger partial charge in [-0.2, -0.15) is 0 Å². The molecule has 2 aromatic carbocycles. The minimum atomic E-state index is -0.582. The lowest BCUT2D eigenvalue weighted by molar-refractivity contribution is -0.137. The van der Waals surface area contributed by atoms with E-state index in [2.05, 4.69) is 5.32 Å². The first kappa shape index (κ1) is 26.5. The summed E-state index contributed by atoms with van der Waals surface area (Å²) in [6, 6.07) is 14.1. The number of carbonyl (C=O) groups excluding carboxylic acids is 2. The molecule has 182 valence electrons. The number of amides is 1. The average molecular weight is 470 g/mol. The number of hydrogen-bond acceptors (Lipinski definition) is 7. The number of methoxy groups -OCH3 is 1. The van der Waals surface area contributed by atoms with Gasteiger partial charge in [0.15, 0.2) is 0 Å². The largest absolute Gasteiger partial charge is 0.497 e. The lowest BCUT2D eigenvalue weighted by Crippen LogP contribution is -2.17. The molecule has 1 atom stereocenters. The van der Waals surface area contributed by atoms with Crippen molar-refractivity contribution in [3.63, 3.8) is 0 Å². The van der Waals surface area contributed by atoms with E-state index in [0.29, 0.717) is 36.6 Å². The van der Waals surface area contributed by atoms with Crippen molar-refractivity contribution < 1.29 is 33.6 Å². The molecule has 2 N–H and O–H groups in total. The molecule has 0 aliphatic carbocycles. The third kappa shape index (κ3) is 9.79. The molecule has 0 aliphatic rings. The summed E-state index contributed by atoms with van der Waals surface area (Å²) >= 11 is 0. The van der Waals surface area contributed by atoms with Gasteiger partial charge in [0.2, 0.25) is 0 Å². The number of anilines is 1. The van der Waals surface area contributed by atoms with Crippen molar-refractivity contribution in [2.75, 3.05) is 32.2 Å². The summed E-state index contributed by atoms with van der Waals surface area (Å²) in [7, 11) is 1.57. The van der Waals surface area contributed by atoms with E-state index < -0.39 is 18.2 Å². The zero-order valence-electron chi connectivity index (χ0n) is 19.4. The highest BCUT2D eigenvalue weighted by atomic mass is 16.6. The Balaban J connectivity index is 2.02. The van der Waals surface area contributed by atoms with Gasteiger partial charge in [-0.05, 0) is 61.7 Å². The fraction of sp³-hybridized carbons (Fsp3) is 0.308. The second kappa shape index (κ2) is 15.1. The van der Waals surface area contributed by atoms with Gasteiger partial charge in [-0.3, -0.25) is 5.32 Å². The average Bonchev–Trinajstić information content (AvgIpc) is 2.85. The lowest BCUT2D eigenvalue weighted by atomic mass is 10.0. The molecule has 34 heavy (non-hydrogen) atoms. The van der Waals surface area contributed by atoms with E-state index in [1.807, 2.05) is 18.2 Å².